The summed E-state index contributed by atoms with van der Waals surface area (Å²) < 4.78 is 39.1. The van der Waals surface area contributed by atoms with Crippen molar-refractivity contribution in [1.29, 1.82) is 0 Å². The van der Waals surface area contributed by atoms with Gasteiger partial charge in [0.25, 0.3) is 0 Å². The monoisotopic (exact) mass is 331 g/mol. The first kappa shape index (κ1) is 15.2. The van der Waals surface area contributed by atoms with Gasteiger partial charge < -0.3 is 5.32 Å². The Kier molecular flexibility index (Phi) is 3.41. The summed E-state index contributed by atoms with van der Waals surface area (Å²) in [5.41, 5.74) is 1.73. The van der Waals surface area contributed by atoms with Crippen LogP contribution in [0.5, 0.6) is 0 Å². The molecule has 5 heteroatoms. The predicted molar refractivity (Wildman–Crippen MR) is 84.7 cm³/mol. The fourth-order valence-corrected chi connectivity index (χ4v) is 4.02. The molecule has 0 unspecified atom stereocenters. The van der Waals surface area contributed by atoms with E-state index in [1.54, 1.807) is 0 Å². The van der Waals surface area contributed by atoms with Crippen molar-refractivity contribution >= 4 is 11.5 Å². The van der Waals surface area contributed by atoms with Gasteiger partial charge in [0.05, 0.1) is 11.6 Å². The Morgan fingerprint density at radius 2 is 1.75 bits per heavy atom. The molecule has 1 aliphatic heterocycles. The zero-order chi connectivity index (χ0) is 16.9. The number of hydrogen-bond acceptors (Lipinski definition) is 2. The van der Waals surface area contributed by atoms with Crippen LogP contribution in [0.3, 0.4) is 0 Å². The number of alkyl halides is 3. The van der Waals surface area contributed by atoms with Crippen molar-refractivity contribution in [3.8, 4) is 0 Å². The molecule has 24 heavy (non-hydrogen) atoms. The lowest BCUT2D eigenvalue weighted by atomic mass is 9.77. The van der Waals surface area contributed by atoms with Crippen LogP contribution in [0.4, 0.5) is 18.9 Å². The number of fused-ring (bicyclic) bond motifs is 3. The van der Waals surface area contributed by atoms with Gasteiger partial charge >= 0.3 is 6.18 Å². The Morgan fingerprint density at radius 3 is 2.46 bits per heavy atom. The normalized spacial score (nSPS) is 25.8. The number of Topliss-reactive ketones (excluding diaryl/α,β-unsaturated/α-hetero) is 1. The summed E-state index contributed by atoms with van der Waals surface area (Å²) in [6.07, 6.45) is -3.64. The van der Waals surface area contributed by atoms with Gasteiger partial charge in [0.2, 0.25) is 0 Å². The molecule has 0 aromatic heterocycles. The van der Waals surface area contributed by atoms with E-state index >= 15 is 0 Å². The van der Waals surface area contributed by atoms with E-state index < -0.39 is 11.7 Å². The highest BCUT2D eigenvalue weighted by Gasteiger charge is 2.44. The van der Waals surface area contributed by atoms with Crippen molar-refractivity contribution in [1.82, 2.24) is 0 Å². The molecule has 0 spiro atoms. The van der Waals surface area contributed by atoms with Crippen LogP contribution in [0.25, 0.3) is 0 Å². The van der Waals surface area contributed by atoms with Crippen LogP contribution in [-0.4, -0.2) is 5.78 Å². The molecular formula is C19H16F3NO. The predicted octanol–water partition coefficient (Wildman–Crippen LogP) is 4.93. The maximum absolute atomic E-state index is 13.0. The second-order valence-corrected chi connectivity index (χ2v) is 6.55. The summed E-state index contributed by atoms with van der Waals surface area (Å²) in [6, 6.07) is 13.5. The van der Waals surface area contributed by atoms with Crippen molar-refractivity contribution in [3.05, 3.63) is 65.2 Å². The van der Waals surface area contributed by atoms with Gasteiger partial charge in [0.1, 0.15) is 5.78 Å². The number of nitrogens with one attached hydrogen (secondary N) is 1. The highest BCUT2D eigenvalue weighted by atomic mass is 19.4. The van der Waals surface area contributed by atoms with Crippen LogP contribution in [0, 0.1) is 5.92 Å². The van der Waals surface area contributed by atoms with Gasteiger partial charge in [-0.1, -0.05) is 30.3 Å². The highest BCUT2D eigenvalue weighted by Crippen LogP contribution is 2.52. The number of benzene rings is 2. The van der Waals surface area contributed by atoms with Gasteiger partial charge in [-0.15, -0.1) is 0 Å². The molecule has 1 heterocycles. The van der Waals surface area contributed by atoms with E-state index in [1.807, 2.05) is 30.3 Å². The third-order valence-electron chi connectivity index (χ3n) is 5.10. The minimum absolute atomic E-state index is 0.00381. The Bertz CT molecular complexity index is 785. The average Bonchev–Trinajstić information content (AvgIpc) is 2.95. The topological polar surface area (TPSA) is 29.1 Å². The average molecular weight is 331 g/mol. The number of halogens is 3. The smallest absolute Gasteiger partial charge is 0.378 e. The Balaban J connectivity index is 1.80. The molecular weight excluding hydrogens is 315 g/mol. The van der Waals surface area contributed by atoms with Crippen LogP contribution in [0.2, 0.25) is 0 Å². The first-order chi connectivity index (χ1) is 11.4. The van der Waals surface area contributed by atoms with Crippen LogP contribution in [0.15, 0.2) is 48.5 Å². The molecule has 2 nitrogen and oxygen atoms in total. The minimum Gasteiger partial charge on any atom is -0.378 e. The van der Waals surface area contributed by atoms with Crippen molar-refractivity contribution in [2.45, 2.75) is 31.0 Å². The lowest BCUT2D eigenvalue weighted by molar-refractivity contribution is -0.137. The van der Waals surface area contributed by atoms with Crippen LogP contribution < -0.4 is 5.32 Å². The molecule has 4 rings (SSSR count). The zero-order valence-corrected chi connectivity index (χ0v) is 12.8. The fourth-order valence-electron chi connectivity index (χ4n) is 4.02. The van der Waals surface area contributed by atoms with Gasteiger partial charge in [-0.25, -0.2) is 0 Å². The van der Waals surface area contributed by atoms with E-state index in [9.17, 15) is 18.0 Å². The Labute approximate surface area is 137 Å². The second-order valence-electron chi connectivity index (χ2n) is 6.55. The van der Waals surface area contributed by atoms with E-state index in [-0.39, 0.29) is 23.7 Å². The maximum Gasteiger partial charge on any atom is 0.416 e. The Hall–Kier alpha value is -2.30. The first-order valence-electron chi connectivity index (χ1n) is 7.98. The number of anilines is 1. The molecule has 124 valence electrons. The molecule has 3 atom stereocenters. The molecule has 0 saturated heterocycles. The third kappa shape index (κ3) is 2.48. The van der Waals surface area contributed by atoms with E-state index in [4.69, 9.17) is 0 Å². The summed E-state index contributed by atoms with van der Waals surface area (Å²) in [6.45, 7) is 0. The number of hydrogen-bond donors (Lipinski definition) is 1. The summed E-state index contributed by atoms with van der Waals surface area (Å²) in [4.78, 5) is 12.0. The summed E-state index contributed by atoms with van der Waals surface area (Å²) >= 11 is 0. The van der Waals surface area contributed by atoms with Crippen LogP contribution >= 0.6 is 0 Å². The van der Waals surface area contributed by atoms with E-state index in [0.29, 0.717) is 24.1 Å². The summed E-state index contributed by atoms with van der Waals surface area (Å²) in [7, 11) is 0. The molecule has 0 amide bonds. The number of carbonyl (C=O) groups excluding carboxylic acids is 1. The number of rotatable bonds is 1. The fraction of sp³-hybridized carbons (Fsp3) is 0.316. The molecule has 2 aromatic carbocycles. The van der Waals surface area contributed by atoms with Gasteiger partial charge in [0.15, 0.2) is 0 Å². The quantitative estimate of drug-likeness (QED) is 0.802. The standard InChI is InChI=1S/C19H16F3NO/c20-19(21,22)12-6-7-17-15(8-12)14-9-13(24)10-16(14)18(23-17)11-4-2-1-3-5-11/h1-8,14,16,18,23H,9-10H2/t14-,16-,18+/m1/s1. The molecule has 1 fully saturated rings. The molecule has 1 N–H and O–H groups in total. The van der Waals surface area contributed by atoms with Crippen LogP contribution in [0.1, 0.15) is 41.5 Å². The lowest BCUT2D eigenvalue weighted by Crippen LogP contribution is -2.29. The maximum atomic E-state index is 13.0. The molecule has 0 radical (unpaired) electrons. The van der Waals surface area contributed by atoms with Crippen molar-refractivity contribution < 1.29 is 18.0 Å². The van der Waals surface area contributed by atoms with E-state index in [2.05, 4.69) is 5.32 Å². The SMILES string of the molecule is O=C1C[C@@H]2[C@H](C1)c1cc(C(F)(F)F)ccc1N[C@H]2c1ccccc1. The van der Waals surface area contributed by atoms with Crippen molar-refractivity contribution in [3.63, 3.8) is 0 Å². The highest BCUT2D eigenvalue weighted by molar-refractivity contribution is 5.84. The molecule has 0 bridgehead atoms. The number of carbonyl (C=O) groups is 1. The zero-order valence-electron chi connectivity index (χ0n) is 12.8. The second kappa shape index (κ2) is 5.36. The van der Waals surface area contributed by atoms with Gasteiger partial charge in [-0.05, 0) is 41.2 Å². The third-order valence-corrected chi connectivity index (χ3v) is 5.10. The Morgan fingerprint density at radius 1 is 1.00 bits per heavy atom. The molecule has 2 aromatic rings. The summed E-state index contributed by atoms with van der Waals surface area (Å²) in [5.74, 6) is -0.0323. The van der Waals surface area contributed by atoms with Crippen LogP contribution in [-0.2, 0) is 11.0 Å². The van der Waals surface area contributed by atoms with Gasteiger partial charge in [-0.2, -0.15) is 13.2 Å². The summed E-state index contributed by atoms with van der Waals surface area (Å²) in [5, 5.41) is 3.36. The molecule has 2 aliphatic rings. The van der Waals surface area contributed by atoms with Crippen molar-refractivity contribution in [2.75, 3.05) is 5.32 Å². The minimum atomic E-state index is -4.37. The number of ketones is 1. The largest absolute Gasteiger partial charge is 0.416 e. The van der Waals surface area contributed by atoms with Gasteiger partial charge in [-0.3, -0.25) is 4.79 Å². The van der Waals surface area contributed by atoms with E-state index in [1.165, 1.54) is 12.1 Å². The van der Waals surface area contributed by atoms with Gasteiger partial charge in [0, 0.05) is 18.5 Å². The molecule has 1 aliphatic carbocycles. The van der Waals surface area contributed by atoms with Crippen molar-refractivity contribution in [2.24, 2.45) is 5.92 Å². The van der Waals surface area contributed by atoms with E-state index in [0.717, 1.165) is 11.6 Å². The lowest BCUT2D eigenvalue weighted by Gasteiger charge is -2.37. The first-order valence-corrected chi connectivity index (χ1v) is 7.98. The molecule has 1 saturated carbocycles.